The minimum Gasteiger partial charge on any atom is -0.381 e. The van der Waals surface area contributed by atoms with E-state index in [0.29, 0.717) is 6.61 Å². The average molecular weight is 254 g/mol. The lowest BCUT2D eigenvalue weighted by molar-refractivity contribution is 0.234. The Bertz CT molecular complexity index is 342. The molecule has 0 spiro atoms. The lowest BCUT2D eigenvalue weighted by atomic mass is 10.1. The molecule has 1 nitrogen and oxygen atoms in total. The molecular formula is C12H14BrO. The van der Waals surface area contributed by atoms with Crippen LogP contribution >= 0.6 is 15.9 Å². The van der Waals surface area contributed by atoms with Gasteiger partial charge in [-0.25, -0.2) is 0 Å². The summed E-state index contributed by atoms with van der Waals surface area (Å²) in [6, 6.07) is 4.08. The van der Waals surface area contributed by atoms with Gasteiger partial charge in [0.15, 0.2) is 0 Å². The van der Waals surface area contributed by atoms with Gasteiger partial charge >= 0.3 is 0 Å². The van der Waals surface area contributed by atoms with Crippen LogP contribution in [0.1, 0.15) is 16.7 Å². The van der Waals surface area contributed by atoms with Gasteiger partial charge in [0.25, 0.3) is 0 Å². The number of ether oxygens (including phenoxy) is 1. The second-order valence-electron chi connectivity index (χ2n) is 3.15. The van der Waals surface area contributed by atoms with Crippen molar-refractivity contribution in [1.29, 1.82) is 0 Å². The van der Waals surface area contributed by atoms with Gasteiger partial charge in [0.2, 0.25) is 0 Å². The van der Waals surface area contributed by atoms with Gasteiger partial charge in [0, 0.05) is 11.6 Å². The standard InChI is InChI=1S/C12H14BrO/c1-9-7-11(5-4-6-14-3)10(2)12(13)8-9/h4-5,7-8H,1,6H2,2-3H3. The number of rotatable bonds is 3. The van der Waals surface area contributed by atoms with E-state index in [0.717, 1.165) is 10.0 Å². The van der Waals surface area contributed by atoms with Gasteiger partial charge in [-0.1, -0.05) is 34.1 Å². The lowest BCUT2D eigenvalue weighted by Crippen LogP contribution is -1.86. The predicted octanol–water partition coefficient (Wildman–Crippen LogP) is 3.60. The molecular weight excluding hydrogens is 240 g/mol. The highest BCUT2D eigenvalue weighted by molar-refractivity contribution is 9.10. The molecule has 0 saturated heterocycles. The summed E-state index contributed by atoms with van der Waals surface area (Å²) in [5, 5.41) is 0. The Kier molecular flexibility index (Phi) is 4.36. The van der Waals surface area contributed by atoms with Gasteiger partial charge in [0.05, 0.1) is 6.61 Å². The fourth-order valence-electron chi connectivity index (χ4n) is 1.20. The van der Waals surface area contributed by atoms with Crippen molar-refractivity contribution in [2.24, 2.45) is 0 Å². The molecule has 0 amide bonds. The summed E-state index contributed by atoms with van der Waals surface area (Å²) in [5.41, 5.74) is 3.42. The Morgan fingerprint density at radius 2 is 2.21 bits per heavy atom. The molecule has 0 atom stereocenters. The highest BCUT2D eigenvalue weighted by Gasteiger charge is 2.00. The molecule has 0 fully saturated rings. The van der Waals surface area contributed by atoms with E-state index in [1.54, 1.807) is 7.11 Å². The maximum Gasteiger partial charge on any atom is 0.0646 e. The smallest absolute Gasteiger partial charge is 0.0646 e. The zero-order valence-electron chi connectivity index (χ0n) is 8.51. The summed E-state index contributed by atoms with van der Waals surface area (Å²) in [6.07, 6.45) is 4.05. The van der Waals surface area contributed by atoms with Crippen molar-refractivity contribution in [3.8, 4) is 0 Å². The largest absolute Gasteiger partial charge is 0.381 e. The molecule has 0 aliphatic rings. The number of hydrogen-bond donors (Lipinski definition) is 0. The maximum absolute atomic E-state index is 4.95. The third kappa shape index (κ3) is 2.96. The molecule has 0 heterocycles. The van der Waals surface area contributed by atoms with Gasteiger partial charge in [0.1, 0.15) is 0 Å². The summed E-state index contributed by atoms with van der Waals surface area (Å²) >= 11 is 3.50. The van der Waals surface area contributed by atoms with Gasteiger partial charge < -0.3 is 4.74 Å². The first-order valence-corrected chi connectivity index (χ1v) is 5.22. The molecule has 14 heavy (non-hydrogen) atoms. The summed E-state index contributed by atoms with van der Waals surface area (Å²) in [6.45, 7) is 6.63. The first kappa shape index (κ1) is 11.5. The van der Waals surface area contributed by atoms with Crippen LogP contribution in [-0.4, -0.2) is 13.7 Å². The topological polar surface area (TPSA) is 9.23 Å². The van der Waals surface area contributed by atoms with E-state index in [1.807, 2.05) is 12.1 Å². The third-order valence-corrected chi connectivity index (χ3v) is 2.83. The Morgan fingerprint density at radius 3 is 2.86 bits per heavy atom. The highest BCUT2D eigenvalue weighted by atomic mass is 79.9. The quantitative estimate of drug-likeness (QED) is 0.800. The molecule has 0 saturated carbocycles. The minimum absolute atomic E-state index is 0.637. The monoisotopic (exact) mass is 253 g/mol. The molecule has 0 aliphatic heterocycles. The number of benzene rings is 1. The van der Waals surface area contributed by atoms with Crippen molar-refractivity contribution in [3.63, 3.8) is 0 Å². The van der Waals surface area contributed by atoms with Crippen LogP contribution in [0.15, 0.2) is 22.7 Å². The van der Waals surface area contributed by atoms with Crippen LogP contribution in [-0.2, 0) is 4.74 Å². The van der Waals surface area contributed by atoms with E-state index in [-0.39, 0.29) is 0 Å². The molecule has 0 aliphatic carbocycles. The minimum atomic E-state index is 0.637. The molecule has 0 N–H and O–H groups in total. The molecule has 0 aromatic heterocycles. The molecule has 0 bridgehead atoms. The summed E-state index contributed by atoms with van der Waals surface area (Å²) in [4.78, 5) is 0. The number of hydrogen-bond acceptors (Lipinski definition) is 1. The van der Waals surface area contributed by atoms with Crippen LogP contribution in [0.2, 0.25) is 0 Å². The Balaban J connectivity index is 2.96. The van der Waals surface area contributed by atoms with E-state index in [9.17, 15) is 0 Å². The third-order valence-electron chi connectivity index (χ3n) is 2.00. The fourth-order valence-corrected chi connectivity index (χ4v) is 1.73. The highest BCUT2D eigenvalue weighted by Crippen LogP contribution is 2.22. The second-order valence-corrected chi connectivity index (χ2v) is 4.00. The van der Waals surface area contributed by atoms with Crippen LogP contribution in [0.25, 0.3) is 6.08 Å². The lowest BCUT2D eigenvalue weighted by Gasteiger charge is -2.05. The van der Waals surface area contributed by atoms with Crippen LogP contribution in [0.4, 0.5) is 0 Å². The molecule has 1 aromatic carbocycles. The molecule has 2 heteroatoms. The van der Waals surface area contributed by atoms with E-state index >= 15 is 0 Å². The van der Waals surface area contributed by atoms with Gasteiger partial charge in [-0.2, -0.15) is 0 Å². The molecule has 1 radical (unpaired) electrons. The molecule has 1 rings (SSSR count). The molecule has 75 valence electrons. The van der Waals surface area contributed by atoms with E-state index in [2.05, 4.69) is 41.9 Å². The number of halogens is 1. The van der Waals surface area contributed by atoms with Gasteiger partial charge in [-0.05, 0) is 36.6 Å². The zero-order chi connectivity index (χ0) is 10.6. The summed E-state index contributed by atoms with van der Waals surface area (Å²) in [7, 11) is 1.69. The number of methoxy groups -OCH3 is 1. The normalized spacial score (nSPS) is 11.1. The van der Waals surface area contributed by atoms with Crippen molar-refractivity contribution in [3.05, 3.63) is 46.3 Å². The first-order valence-electron chi connectivity index (χ1n) is 4.42. The Hall–Kier alpha value is -0.600. The van der Waals surface area contributed by atoms with Crippen LogP contribution in [0.5, 0.6) is 0 Å². The average Bonchev–Trinajstić information content (AvgIpc) is 2.13. The van der Waals surface area contributed by atoms with Crippen LogP contribution in [0.3, 0.4) is 0 Å². The van der Waals surface area contributed by atoms with E-state index < -0.39 is 0 Å². The zero-order valence-corrected chi connectivity index (χ0v) is 10.1. The van der Waals surface area contributed by atoms with Crippen molar-refractivity contribution < 1.29 is 4.74 Å². The fraction of sp³-hybridized carbons (Fsp3) is 0.250. The Morgan fingerprint density at radius 1 is 1.50 bits per heavy atom. The van der Waals surface area contributed by atoms with E-state index in [1.165, 1.54) is 11.1 Å². The second kappa shape index (κ2) is 5.32. The molecule has 0 unspecified atom stereocenters. The summed E-state index contributed by atoms with van der Waals surface area (Å²) in [5.74, 6) is 0. The summed E-state index contributed by atoms with van der Waals surface area (Å²) < 4.78 is 6.05. The van der Waals surface area contributed by atoms with Crippen molar-refractivity contribution in [2.75, 3.05) is 13.7 Å². The van der Waals surface area contributed by atoms with Crippen molar-refractivity contribution >= 4 is 22.0 Å². The predicted molar refractivity (Wildman–Crippen MR) is 64.2 cm³/mol. The van der Waals surface area contributed by atoms with Gasteiger partial charge in [-0.15, -0.1) is 0 Å². The van der Waals surface area contributed by atoms with Gasteiger partial charge in [-0.3, -0.25) is 0 Å². The molecule has 1 aromatic rings. The van der Waals surface area contributed by atoms with E-state index in [4.69, 9.17) is 4.74 Å². The SMILES string of the molecule is [CH2]c1cc(Br)c(C)c(C=CCOC)c1. The Labute approximate surface area is 93.9 Å². The first-order chi connectivity index (χ1) is 6.65. The van der Waals surface area contributed by atoms with Crippen LogP contribution < -0.4 is 0 Å². The van der Waals surface area contributed by atoms with Crippen molar-refractivity contribution in [1.82, 2.24) is 0 Å². The van der Waals surface area contributed by atoms with Crippen molar-refractivity contribution in [2.45, 2.75) is 6.92 Å². The van der Waals surface area contributed by atoms with Crippen LogP contribution in [0, 0.1) is 13.8 Å². The maximum atomic E-state index is 4.95.